The SMILES string of the molecule is CC1=[C-]C([SiH2]c2cc(C)cc(C)c2)(C(c2c(C)cccc2C)C2(C)C=CC=CC2)C(C)=C1C.[Cl-].[Cl-].[Cl-].[Ti+4]. The van der Waals surface area contributed by atoms with Gasteiger partial charge in [-0.15, -0.1) is 6.92 Å². The molecule has 0 saturated heterocycles. The molecule has 0 spiro atoms. The molecule has 0 aliphatic heterocycles. The topological polar surface area (TPSA) is 0 Å². The molecule has 37 heavy (non-hydrogen) atoms. The molecule has 0 heterocycles. The first-order valence-corrected chi connectivity index (χ1v) is 13.8. The van der Waals surface area contributed by atoms with Crippen LogP contribution >= 0.6 is 0 Å². The molecule has 5 heteroatoms. The molecule has 3 unspecified atom stereocenters. The molecule has 0 nitrogen and oxygen atoms in total. The summed E-state index contributed by atoms with van der Waals surface area (Å²) in [5.74, 6) is 0.354. The average Bonchev–Trinajstić information content (AvgIpc) is 2.94. The minimum atomic E-state index is -0.749. The first kappa shape index (κ1) is 36.2. The predicted octanol–water partition coefficient (Wildman–Crippen LogP) is -1.71. The fourth-order valence-corrected chi connectivity index (χ4v) is 9.83. The van der Waals surface area contributed by atoms with Gasteiger partial charge in [-0.3, -0.25) is 6.08 Å². The molecule has 4 rings (SSSR count). The van der Waals surface area contributed by atoms with Crippen molar-refractivity contribution in [2.24, 2.45) is 5.41 Å². The van der Waals surface area contributed by atoms with Crippen LogP contribution in [-0.4, -0.2) is 9.52 Å². The second-order valence-corrected chi connectivity index (χ2v) is 13.2. The van der Waals surface area contributed by atoms with Crippen LogP contribution in [0, 0.1) is 39.2 Å². The van der Waals surface area contributed by atoms with Gasteiger partial charge in [0.15, 0.2) is 0 Å². The van der Waals surface area contributed by atoms with E-state index in [1.54, 1.807) is 10.8 Å². The minimum Gasteiger partial charge on any atom is -1.00 e. The third kappa shape index (κ3) is 6.86. The van der Waals surface area contributed by atoms with Gasteiger partial charge in [0.25, 0.3) is 0 Å². The zero-order chi connectivity index (χ0) is 24.0. The van der Waals surface area contributed by atoms with Crippen molar-refractivity contribution in [3.05, 3.63) is 111 Å². The second-order valence-electron chi connectivity index (χ2n) is 10.9. The third-order valence-electron chi connectivity index (χ3n) is 8.23. The Balaban J connectivity index is 0.00000324. The van der Waals surface area contributed by atoms with Gasteiger partial charge in [0.05, 0.1) is 9.52 Å². The van der Waals surface area contributed by atoms with E-state index >= 15 is 0 Å². The fourth-order valence-electron chi connectivity index (χ4n) is 6.58. The number of allylic oxidation sites excluding steroid dienone is 8. The Bertz CT molecular complexity index is 1190. The predicted molar refractivity (Wildman–Crippen MR) is 147 cm³/mol. The fraction of sp³-hybridized carbons (Fsp3) is 0.375. The minimum absolute atomic E-state index is 0. The Morgan fingerprint density at radius 1 is 0.838 bits per heavy atom. The first-order valence-electron chi connectivity index (χ1n) is 12.3. The molecule has 0 radical (unpaired) electrons. The van der Waals surface area contributed by atoms with Crippen molar-refractivity contribution in [2.45, 2.75) is 72.8 Å². The van der Waals surface area contributed by atoms with Crippen molar-refractivity contribution in [2.75, 3.05) is 0 Å². The van der Waals surface area contributed by atoms with Gasteiger partial charge < -0.3 is 37.2 Å². The number of aryl methyl sites for hydroxylation is 4. The molecule has 0 fully saturated rings. The van der Waals surface area contributed by atoms with E-state index in [0.29, 0.717) is 5.92 Å². The number of hydrogen-bond acceptors (Lipinski definition) is 0. The molecule has 0 N–H and O–H groups in total. The van der Waals surface area contributed by atoms with Crippen LogP contribution in [0.5, 0.6) is 0 Å². The zero-order valence-corrected chi connectivity index (χ0v) is 28.6. The second kappa shape index (κ2) is 14.0. The van der Waals surface area contributed by atoms with Crippen molar-refractivity contribution >= 4 is 14.7 Å². The zero-order valence-electron chi connectivity index (χ0n) is 23.4. The molecular weight excluding hydrogens is 567 g/mol. The van der Waals surface area contributed by atoms with E-state index in [9.17, 15) is 0 Å². The van der Waals surface area contributed by atoms with Gasteiger partial charge in [-0.2, -0.15) is 11.1 Å². The molecule has 2 aromatic carbocycles. The quantitative estimate of drug-likeness (QED) is 0.282. The molecule has 2 aliphatic carbocycles. The largest absolute Gasteiger partial charge is 4.00 e. The van der Waals surface area contributed by atoms with Crippen LogP contribution in [0.3, 0.4) is 0 Å². The summed E-state index contributed by atoms with van der Waals surface area (Å²) in [7, 11) is -0.749. The van der Waals surface area contributed by atoms with E-state index in [1.807, 2.05) is 0 Å². The van der Waals surface area contributed by atoms with Crippen molar-refractivity contribution in [1.29, 1.82) is 0 Å². The van der Waals surface area contributed by atoms with Crippen LogP contribution in [0.1, 0.15) is 67.9 Å². The van der Waals surface area contributed by atoms with Crippen molar-refractivity contribution in [3.63, 3.8) is 0 Å². The Morgan fingerprint density at radius 2 is 1.41 bits per heavy atom. The first-order chi connectivity index (χ1) is 15.6. The van der Waals surface area contributed by atoms with Crippen LogP contribution in [-0.2, 0) is 21.7 Å². The van der Waals surface area contributed by atoms with Crippen LogP contribution in [0.25, 0.3) is 0 Å². The summed E-state index contributed by atoms with van der Waals surface area (Å²) in [4.78, 5) is 0. The maximum atomic E-state index is 4.18. The summed E-state index contributed by atoms with van der Waals surface area (Å²) in [5, 5.41) is 1.51. The van der Waals surface area contributed by atoms with E-state index in [1.165, 1.54) is 39.0 Å². The molecule has 0 bridgehead atoms. The Morgan fingerprint density at radius 3 is 1.86 bits per heavy atom. The van der Waals surface area contributed by atoms with Crippen LogP contribution in [0.15, 0.2) is 77.4 Å². The van der Waals surface area contributed by atoms with Crippen molar-refractivity contribution in [3.8, 4) is 0 Å². The Labute approximate surface area is 261 Å². The summed E-state index contributed by atoms with van der Waals surface area (Å²) in [6.07, 6.45) is 14.6. The van der Waals surface area contributed by atoms with E-state index in [-0.39, 0.29) is 69.4 Å². The van der Waals surface area contributed by atoms with Gasteiger partial charge in [0.1, 0.15) is 0 Å². The van der Waals surface area contributed by atoms with Crippen LogP contribution in [0.2, 0.25) is 5.04 Å². The number of hydrogen-bond donors (Lipinski definition) is 0. The molecule has 196 valence electrons. The third-order valence-corrected chi connectivity index (χ3v) is 10.7. The van der Waals surface area contributed by atoms with Gasteiger partial charge in [-0.1, -0.05) is 103 Å². The van der Waals surface area contributed by atoms with Gasteiger partial charge in [-0.05, 0) is 62.1 Å². The van der Waals surface area contributed by atoms with Crippen LogP contribution < -0.4 is 42.4 Å². The smallest absolute Gasteiger partial charge is 1.00 e. The van der Waals surface area contributed by atoms with Gasteiger partial charge in [0, 0.05) is 0 Å². The van der Waals surface area contributed by atoms with E-state index in [2.05, 4.69) is 122 Å². The van der Waals surface area contributed by atoms with E-state index in [0.717, 1.165) is 6.42 Å². The van der Waals surface area contributed by atoms with Gasteiger partial charge in [0.2, 0.25) is 0 Å². The van der Waals surface area contributed by atoms with Crippen molar-refractivity contribution < 1.29 is 58.9 Å². The molecule has 0 saturated carbocycles. The molecule has 0 aromatic heterocycles. The summed E-state index contributed by atoms with van der Waals surface area (Å²) >= 11 is 0. The summed E-state index contributed by atoms with van der Waals surface area (Å²) in [6.45, 7) is 18.6. The summed E-state index contributed by atoms with van der Waals surface area (Å²) < 4.78 is 0. The van der Waals surface area contributed by atoms with E-state index in [4.69, 9.17) is 0 Å². The number of benzene rings is 2. The summed E-state index contributed by atoms with van der Waals surface area (Å²) in [5.41, 5.74) is 11.5. The molecule has 2 aliphatic rings. The maximum Gasteiger partial charge on any atom is 4.00 e. The molecule has 3 atom stereocenters. The molecular formula is C32H39Cl3SiTi. The number of rotatable bonds is 5. The summed E-state index contributed by atoms with van der Waals surface area (Å²) in [6, 6.07) is 14.0. The van der Waals surface area contributed by atoms with E-state index < -0.39 is 9.52 Å². The van der Waals surface area contributed by atoms with Gasteiger partial charge >= 0.3 is 21.7 Å². The average molecular weight is 606 g/mol. The normalized spacial score (nSPS) is 23.1. The maximum absolute atomic E-state index is 4.18. The molecule has 2 aromatic rings. The van der Waals surface area contributed by atoms with Gasteiger partial charge in [-0.25, -0.2) is 5.57 Å². The molecule has 0 amide bonds. The number of halogens is 3. The monoisotopic (exact) mass is 604 g/mol. The Hall–Kier alpha value is -0.799. The Kier molecular flexibility index (Phi) is 13.7. The van der Waals surface area contributed by atoms with Crippen LogP contribution in [0.4, 0.5) is 0 Å². The van der Waals surface area contributed by atoms with Crippen molar-refractivity contribution in [1.82, 2.24) is 0 Å². The standard InChI is InChI=1S/C32H39Si.3ClH.Ti/c1-21-17-22(2)19-28(18-21)33-32(20-25(5)26(6)27(32)7)30(31(8)15-10-9-11-16-31)29-23(3)13-12-14-24(29)4;;;;/h9-15,17-19,30H,16,33H2,1-8H3;3*1H;/q-1;;;;+4/p-3.